The van der Waals surface area contributed by atoms with E-state index in [9.17, 15) is 18.0 Å². The van der Waals surface area contributed by atoms with Crippen LogP contribution in [0.1, 0.15) is 13.3 Å². The van der Waals surface area contributed by atoms with Gasteiger partial charge < -0.3 is 5.32 Å². The molecular formula is C13H17N3O4S. The lowest BCUT2D eigenvalue weighted by Gasteiger charge is -2.25. The number of nitrogens with one attached hydrogen (secondary N) is 2. The zero-order valence-electron chi connectivity index (χ0n) is 11.6. The van der Waals surface area contributed by atoms with Crippen molar-refractivity contribution in [3.05, 3.63) is 24.3 Å². The van der Waals surface area contributed by atoms with Gasteiger partial charge in [0.05, 0.1) is 18.8 Å². The van der Waals surface area contributed by atoms with E-state index < -0.39 is 21.8 Å². The van der Waals surface area contributed by atoms with Gasteiger partial charge in [0.1, 0.15) is 4.90 Å². The molecule has 2 N–H and O–H groups in total. The molecule has 114 valence electrons. The Morgan fingerprint density at radius 2 is 1.81 bits per heavy atom. The Labute approximate surface area is 123 Å². The Morgan fingerprint density at radius 1 is 1.19 bits per heavy atom. The maximum absolute atomic E-state index is 12.6. The number of para-hydroxylation sites is 1. The largest absolute Gasteiger partial charge is 0.384 e. The number of sulfonamides is 1. The maximum atomic E-state index is 12.6. The van der Waals surface area contributed by atoms with Crippen LogP contribution in [0.3, 0.4) is 0 Å². The molecule has 0 radical (unpaired) electrons. The highest BCUT2D eigenvalue weighted by atomic mass is 32.2. The van der Waals surface area contributed by atoms with E-state index >= 15 is 0 Å². The van der Waals surface area contributed by atoms with Gasteiger partial charge in [-0.1, -0.05) is 19.1 Å². The van der Waals surface area contributed by atoms with E-state index in [0.717, 1.165) is 10.7 Å². The molecule has 1 heterocycles. The average Bonchev–Trinajstić information content (AvgIpc) is 2.44. The number of hydrogen-bond donors (Lipinski definition) is 2. The predicted molar refractivity (Wildman–Crippen MR) is 77.1 cm³/mol. The van der Waals surface area contributed by atoms with Crippen molar-refractivity contribution in [2.24, 2.45) is 0 Å². The van der Waals surface area contributed by atoms with Crippen molar-refractivity contribution in [1.29, 1.82) is 0 Å². The van der Waals surface area contributed by atoms with Gasteiger partial charge in [-0.25, -0.2) is 8.42 Å². The number of amides is 2. The molecule has 0 spiro atoms. The Hall–Kier alpha value is -1.93. The zero-order valence-corrected chi connectivity index (χ0v) is 12.4. The van der Waals surface area contributed by atoms with Crippen LogP contribution in [0.2, 0.25) is 0 Å². The molecule has 1 aliphatic heterocycles. The molecule has 8 heteroatoms. The predicted octanol–water partition coefficient (Wildman–Crippen LogP) is 0.156. The summed E-state index contributed by atoms with van der Waals surface area (Å²) in [6.45, 7) is 1.90. The Bertz CT molecular complexity index is 641. The van der Waals surface area contributed by atoms with Crippen LogP contribution in [0, 0.1) is 0 Å². The van der Waals surface area contributed by atoms with Gasteiger partial charge in [-0.2, -0.15) is 4.31 Å². The van der Waals surface area contributed by atoms with Crippen molar-refractivity contribution in [1.82, 2.24) is 9.62 Å². The van der Waals surface area contributed by atoms with Crippen LogP contribution in [-0.2, 0) is 19.6 Å². The van der Waals surface area contributed by atoms with Crippen LogP contribution >= 0.6 is 0 Å². The molecule has 1 aromatic carbocycles. The molecular weight excluding hydrogens is 294 g/mol. The summed E-state index contributed by atoms with van der Waals surface area (Å²) in [6, 6.07) is 6.46. The number of nitrogens with zero attached hydrogens (tertiary/aromatic N) is 1. The van der Waals surface area contributed by atoms with E-state index in [1.807, 2.05) is 6.92 Å². The molecule has 0 aliphatic carbocycles. The van der Waals surface area contributed by atoms with Crippen LogP contribution in [0.25, 0.3) is 0 Å². The maximum Gasteiger partial charge on any atom is 0.246 e. The smallest absolute Gasteiger partial charge is 0.246 e. The van der Waals surface area contributed by atoms with Crippen LogP contribution in [-0.4, -0.2) is 44.2 Å². The van der Waals surface area contributed by atoms with Gasteiger partial charge in [0.2, 0.25) is 21.8 Å². The number of anilines is 1. The number of carbonyl (C=O) groups is 2. The fourth-order valence-corrected chi connectivity index (χ4v) is 3.54. The highest BCUT2D eigenvalue weighted by Crippen LogP contribution is 2.24. The molecule has 1 aliphatic rings. The van der Waals surface area contributed by atoms with Crippen molar-refractivity contribution >= 4 is 27.5 Å². The quantitative estimate of drug-likeness (QED) is 0.755. The number of imide groups is 1. The third kappa shape index (κ3) is 3.40. The summed E-state index contributed by atoms with van der Waals surface area (Å²) in [4.78, 5) is 22.8. The first-order valence-corrected chi connectivity index (χ1v) is 8.05. The van der Waals surface area contributed by atoms with Crippen molar-refractivity contribution < 1.29 is 18.0 Å². The minimum Gasteiger partial charge on any atom is -0.384 e. The van der Waals surface area contributed by atoms with Gasteiger partial charge in [0.25, 0.3) is 0 Å². The summed E-state index contributed by atoms with van der Waals surface area (Å²) in [5.74, 6) is -1.23. The topological polar surface area (TPSA) is 95.6 Å². The summed E-state index contributed by atoms with van der Waals surface area (Å²) in [5.41, 5.74) is 0.470. The number of carbonyl (C=O) groups excluding carboxylic acids is 2. The molecule has 7 nitrogen and oxygen atoms in total. The van der Waals surface area contributed by atoms with E-state index in [0.29, 0.717) is 12.2 Å². The van der Waals surface area contributed by atoms with Crippen molar-refractivity contribution in [3.8, 4) is 0 Å². The fraction of sp³-hybridized carbons (Fsp3) is 0.385. The highest BCUT2D eigenvalue weighted by Gasteiger charge is 2.34. The first kappa shape index (κ1) is 15.5. The fourth-order valence-electron chi connectivity index (χ4n) is 2.02. The zero-order chi connectivity index (χ0) is 15.5. The summed E-state index contributed by atoms with van der Waals surface area (Å²) in [6.07, 6.45) is 0.846. The lowest BCUT2D eigenvalue weighted by atomic mass is 10.3. The molecule has 0 aromatic heterocycles. The lowest BCUT2D eigenvalue weighted by molar-refractivity contribution is -0.134. The van der Waals surface area contributed by atoms with Gasteiger partial charge in [-0.15, -0.1) is 0 Å². The van der Waals surface area contributed by atoms with E-state index in [1.54, 1.807) is 18.2 Å². The monoisotopic (exact) mass is 311 g/mol. The molecule has 21 heavy (non-hydrogen) atoms. The van der Waals surface area contributed by atoms with Gasteiger partial charge in [0, 0.05) is 6.54 Å². The van der Waals surface area contributed by atoms with Crippen LogP contribution in [0.15, 0.2) is 29.2 Å². The standard InChI is InChI=1S/C13H17N3O4S/c1-2-7-14-10-5-3-4-6-11(10)21(19,20)16-8-12(17)15-13(18)9-16/h3-6,14H,2,7-9H2,1H3,(H,15,17,18). The van der Waals surface area contributed by atoms with Crippen molar-refractivity contribution in [2.45, 2.75) is 18.2 Å². The number of hydrogen-bond acceptors (Lipinski definition) is 5. The molecule has 0 unspecified atom stereocenters. The third-order valence-electron chi connectivity index (χ3n) is 2.99. The molecule has 2 rings (SSSR count). The highest BCUT2D eigenvalue weighted by molar-refractivity contribution is 7.89. The molecule has 0 bridgehead atoms. The first-order valence-electron chi connectivity index (χ1n) is 6.61. The molecule has 1 fully saturated rings. The third-order valence-corrected chi connectivity index (χ3v) is 4.84. The number of rotatable bonds is 5. The van der Waals surface area contributed by atoms with Crippen LogP contribution in [0.5, 0.6) is 0 Å². The van der Waals surface area contributed by atoms with Gasteiger partial charge in [0.15, 0.2) is 0 Å². The van der Waals surface area contributed by atoms with Crippen LogP contribution < -0.4 is 10.6 Å². The normalized spacial score (nSPS) is 16.6. The molecule has 0 saturated carbocycles. The van der Waals surface area contributed by atoms with E-state index in [2.05, 4.69) is 10.6 Å². The van der Waals surface area contributed by atoms with E-state index in [1.165, 1.54) is 6.07 Å². The average molecular weight is 311 g/mol. The number of piperazine rings is 1. The molecule has 0 atom stereocenters. The Morgan fingerprint density at radius 3 is 2.43 bits per heavy atom. The first-order chi connectivity index (χ1) is 9.95. The van der Waals surface area contributed by atoms with Crippen molar-refractivity contribution in [2.75, 3.05) is 25.0 Å². The second-order valence-electron chi connectivity index (χ2n) is 4.67. The minimum atomic E-state index is -3.90. The Balaban J connectivity index is 2.35. The Kier molecular flexibility index (Phi) is 4.59. The van der Waals surface area contributed by atoms with E-state index in [4.69, 9.17) is 0 Å². The molecule has 2 amide bonds. The van der Waals surface area contributed by atoms with Crippen molar-refractivity contribution in [3.63, 3.8) is 0 Å². The minimum absolute atomic E-state index is 0.0703. The van der Waals surface area contributed by atoms with E-state index in [-0.39, 0.29) is 18.0 Å². The van der Waals surface area contributed by atoms with Gasteiger partial charge in [-0.3, -0.25) is 14.9 Å². The molecule has 1 aromatic rings. The molecule has 1 saturated heterocycles. The SMILES string of the molecule is CCCNc1ccccc1S(=O)(=O)N1CC(=O)NC(=O)C1. The summed E-state index contributed by atoms with van der Waals surface area (Å²) in [5, 5.41) is 5.12. The van der Waals surface area contributed by atoms with Gasteiger partial charge in [-0.05, 0) is 18.6 Å². The second kappa shape index (κ2) is 6.23. The lowest BCUT2D eigenvalue weighted by Crippen LogP contribution is -2.53. The van der Waals surface area contributed by atoms with Gasteiger partial charge >= 0.3 is 0 Å². The number of benzene rings is 1. The second-order valence-corrected chi connectivity index (χ2v) is 6.57. The summed E-state index contributed by atoms with van der Waals surface area (Å²) < 4.78 is 26.1. The summed E-state index contributed by atoms with van der Waals surface area (Å²) >= 11 is 0. The van der Waals surface area contributed by atoms with Crippen LogP contribution in [0.4, 0.5) is 5.69 Å². The summed E-state index contributed by atoms with van der Waals surface area (Å²) in [7, 11) is -3.90.